The SMILES string of the molecule is CC.COc1cc(/C=C(\C#N)C(=S)NCc2cc(OC)c(OC)c(OC)c2)cc(C)c1OC. The first kappa shape index (κ1) is 27.6. The molecular formula is C25H32N2O5S. The maximum absolute atomic E-state index is 9.63. The van der Waals surface area contributed by atoms with E-state index in [0.717, 1.165) is 16.7 Å². The van der Waals surface area contributed by atoms with Gasteiger partial charge in [-0.05, 0) is 54.0 Å². The van der Waals surface area contributed by atoms with Crippen molar-refractivity contribution in [1.82, 2.24) is 5.32 Å². The van der Waals surface area contributed by atoms with E-state index in [9.17, 15) is 5.26 Å². The largest absolute Gasteiger partial charge is 0.493 e. The first-order valence-electron chi connectivity index (χ1n) is 10.3. The van der Waals surface area contributed by atoms with E-state index >= 15 is 0 Å². The first-order chi connectivity index (χ1) is 15.9. The normalized spacial score (nSPS) is 10.2. The summed E-state index contributed by atoms with van der Waals surface area (Å²) in [5, 5.41) is 12.7. The highest BCUT2D eigenvalue weighted by molar-refractivity contribution is 7.80. The Morgan fingerprint density at radius 2 is 1.39 bits per heavy atom. The van der Waals surface area contributed by atoms with Gasteiger partial charge in [0.2, 0.25) is 5.75 Å². The van der Waals surface area contributed by atoms with Crippen molar-refractivity contribution in [2.45, 2.75) is 27.3 Å². The summed E-state index contributed by atoms with van der Waals surface area (Å²) in [5.41, 5.74) is 2.86. The third-order valence-electron chi connectivity index (χ3n) is 4.54. The zero-order chi connectivity index (χ0) is 25.0. The minimum Gasteiger partial charge on any atom is -0.493 e. The summed E-state index contributed by atoms with van der Waals surface area (Å²) in [6, 6.07) is 9.50. The second kappa shape index (κ2) is 13.9. The second-order valence-corrected chi connectivity index (χ2v) is 6.87. The van der Waals surface area contributed by atoms with Crippen LogP contribution >= 0.6 is 12.2 Å². The number of ether oxygens (including phenoxy) is 5. The molecule has 0 bridgehead atoms. The summed E-state index contributed by atoms with van der Waals surface area (Å²) >= 11 is 5.44. The Kier molecular flexibility index (Phi) is 11.6. The van der Waals surface area contributed by atoms with E-state index in [2.05, 4.69) is 11.4 Å². The quantitative estimate of drug-likeness (QED) is 0.307. The van der Waals surface area contributed by atoms with Crippen LogP contribution in [0.15, 0.2) is 29.8 Å². The van der Waals surface area contributed by atoms with Crippen molar-refractivity contribution >= 4 is 23.3 Å². The number of thiocarbonyl (C=S) groups is 1. The number of nitrogens with one attached hydrogen (secondary N) is 1. The molecule has 0 aliphatic carbocycles. The van der Waals surface area contributed by atoms with Gasteiger partial charge in [0, 0.05) is 6.54 Å². The number of benzene rings is 2. The highest BCUT2D eigenvalue weighted by Gasteiger charge is 2.14. The van der Waals surface area contributed by atoms with E-state index in [4.69, 9.17) is 35.9 Å². The summed E-state index contributed by atoms with van der Waals surface area (Å²) in [5.74, 6) is 2.84. The molecule has 0 saturated carbocycles. The Morgan fingerprint density at radius 1 is 0.879 bits per heavy atom. The number of rotatable bonds is 9. The van der Waals surface area contributed by atoms with Gasteiger partial charge in [-0.25, -0.2) is 0 Å². The molecule has 0 radical (unpaired) electrons. The average Bonchev–Trinajstić information content (AvgIpc) is 2.85. The number of hydrogen-bond donors (Lipinski definition) is 1. The van der Waals surface area contributed by atoms with Gasteiger partial charge in [0.1, 0.15) is 11.1 Å². The molecule has 0 fully saturated rings. The molecular weight excluding hydrogens is 440 g/mol. The van der Waals surface area contributed by atoms with Crippen molar-refractivity contribution < 1.29 is 23.7 Å². The van der Waals surface area contributed by atoms with E-state index in [0.29, 0.717) is 45.9 Å². The van der Waals surface area contributed by atoms with E-state index in [1.165, 1.54) is 0 Å². The lowest BCUT2D eigenvalue weighted by Gasteiger charge is -2.15. The molecule has 2 rings (SSSR count). The second-order valence-electron chi connectivity index (χ2n) is 6.46. The van der Waals surface area contributed by atoms with Crippen LogP contribution in [0.1, 0.15) is 30.5 Å². The fraction of sp³-hybridized carbons (Fsp3) is 0.360. The van der Waals surface area contributed by atoms with Crippen molar-refractivity contribution in [3.05, 3.63) is 46.5 Å². The molecule has 0 aliphatic rings. The molecule has 0 spiro atoms. The van der Waals surface area contributed by atoms with Crippen LogP contribution in [0.5, 0.6) is 28.7 Å². The predicted molar refractivity (Wildman–Crippen MR) is 135 cm³/mol. The van der Waals surface area contributed by atoms with Gasteiger partial charge in [-0.3, -0.25) is 0 Å². The Bertz CT molecular complexity index is 1000. The van der Waals surface area contributed by atoms with Gasteiger partial charge < -0.3 is 29.0 Å². The Hall–Kier alpha value is -3.44. The zero-order valence-corrected chi connectivity index (χ0v) is 21.3. The molecule has 0 aliphatic heterocycles. The molecule has 1 N–H and O–H groups in total. The van der Waals surface area contributed by atoms with Gasteiger partial charge >= 0.3 is 0 Å². The molecule has 7 nitrogen and oxygen atoms in total. The molecule has 2 aromatic carbocycles. The van der Waals surface area contributed by atoms with Crippen LogP contribution in [-0.4, -0.2) is 40.5 Å². The minimum absolute atomic E-state index is 0.323. The van der Waals surface area contributed by atoms with Crippen LogP contribution in [0, 0.1) is 18.3 Å². The Labute approximate surface area is 201 Å². The zero-order valence-electron chi connectivity index (χ0n) is 20.5. The average molecular weight is 473 g/mol. The summed E-state index contributed by atoms with van der Waals surface area (Å²) < 4.78 is 26.8. The summed E-state index contributed by atoms with van der Waals surface area (Å²) in [7, 11) is 7.82. The number of hydrogen-bond acceptors (Lipinski definition) is 7. The number of methoxy groups -OCH3 is 5. The molecule has 0 heterocycles. The van der Waals surface area contributed by atoms with Crippen molar-refractivity contribution in [3.63, 3.8) is 0 Å². The van der Waals surface area contributed by atoms with Crippen molar-refractivity contribution in [3.8, 4) is 34.8 Å². The molecule has 0 aromatic heterocycles. The third kappa shape index (κ3) is 7.02. The van der Waals surface area contributed by atoms with Crippen molar-refractivity contribution in [2.24, 2.45) is 0 Å². The van der Waals surface area contributed by atoms with Crippen molar-refractivity contribution in [2.75, 3.05) is 35.5 Å². The summed E-state index contributed by atoms with van der Waals surface area (Å²) in [4.78, 5) is 0.323. The van der Waals surface area contributed by atoms with Crippen LogP contribution in [0.2, 0.25) is 0 Å². The molecule has 8 heteroatoms. The lowest BCUT2D eigenvalue weighted by molar-refractivity contribution is 0.323. The Morgan fingerprint density at radius 3 is 1.85 bits per heavy atom. The number of nitriles is 1. The maximum Gasteiger partial charge on any atom is 0.203 e. The molecule has 0 unspecified atom stereocenters. The molecule has 178 valence electrons. The van der Waals surface area contributed by atoms with E-state index in [1.807, 2.05) is 39.0 Å². The van der Waals surface area contributed by atoms with E-state index in [-0.39, 0.29) is 0 Å². The van der Waals surface area contributed by atoms with Gasteiger partial charge in [0.05, 0.1) is 41.1 Å². The lowest BCUT2D eigenvalue weighted by Crippen LogP contribution is -2.22. The monoisotopic (exact) mass is 472 g/mol. The van der Waals surface area contributed by atoms with Gasteiger partial charge in [-0.2, -0.15) is 5.26 Å². The number of nitrogens with zero attached hydrogens (tertiary/aromatic N) is 1. The number of aryl methyl sites for hydroxylation is 1. The fourth-order valence-corrected chi connectivity index (χ4v) is 3.27. The molecule has 0 saturated heterocycles. The van der Waals surface area contributed by atoms with Crippen LogP contribution < -0.4 is 29.0 Å². The van der Waals surface area contributed by atoms with Gasteiger partial charge in [0.25, 0.3) is 0 Å². The molecule has 2 aromatic rings. The van der Waals surface area contributed by atoms with Crippen LogP contribution in [0.3, 0.4) is 0 Å². The molecule has 33 heavy (non-hydrogen) atoms. The van der Waals surface area contributed by atoms with Crippen LogP contribution in [0.25, 0.3) is 6.08 Å². The van der Waals surface area contributed by atoms with E-state index < -0.39 is 0 Å². The van der Waals surface area contributed by atoms with E-state index in [1.54, 1.807) is 47.7 Å². The summed E-state index contributed by atoms with van der Waals surface area (Å²) in [6.45, 7) is 6.28. The Balaban J connectivity index is 0.00000265. The van der Waals surface area contributed by atoms with Gasteiger partial charge in [-0.15, -0.1) is 0 Å². The van der Waals surface area contributed by atoms with Crippen molar-refractivity contribution in [1.29, 1.82) is 5.26 Å². The smallest absolute Gasteiger partial charge is 0.203 e. The topological polar surface area (TPSA) is 82.0 Å². The minimum atomic E-state index is 0.323. The third-order valence-corrected chi connectivity index (χ3v) is 4.90. The first-order valence-corrected chi connectivity index (χ1v) is 10.7. The van der Waals surface area contributed by atoms with Gasteiger partial charge in [0.15, 0.2) is 23.0 Å². The predicted octanol–water partition coefficient (Wildman–Crippen LogP) is 5.09. The van der Waals surface area contributed by atoms with Crippen LogP contribution in [0.4, 0.5) is 0 Å². The van der Waals surface area contributed by atoms with Gasteiger partial charge in [-0.1, -0.05) is 26.1 Å². The highest BCUT2D eigenvalue weighted by atomic mass is 32.1. The molecule has 0 atom stereocenters. The highest BCUT2D eigenvalue weighted by Crippen LogP contribution is 2.38. The summed E-state index contributed by atoms with van der Waals surface area (Å²) in [6.07, 6.45) is 1.71. The lowest BCUT2D eigenvalue weighted by atomic mass is 10.1. The van der Waals surface area contributed by atoms with Crippen LogP contribution in [-0.2, 0) is 6.54 Å². The standard InChI is InChI=1S/C23H26N2O5S.C2H6/c1-14-7-15(9-18(26-2)21(14)29-5)8-17(12-24)23(31)25-13-16-10-19(27-3)22(30-6)20(11-16)28-4;1-2/h7-11H,13H2,1-6H3,(H,25,31);1-2H3/b17-8+;. The maximum atomic E-state index is 9.63. The fourth-order valence-electron chi connectivity index (χ4n) is 3.10. The molecule has 0 amide bonds.